The molecule has 0 saturated carbocycles. The summed E-state index contributed by atoms with van der Waals surface area (Å²) < 4.78 is 53.0. The monoisotopic (exact) mass is 397 g/mol. The molecule has 0 spiro atoms. The van der Waals surface area contributed by atoms with Crippen molar-refractivity contribution in [3.05, 3.63) is 23.8 Å². The molecule has 0 radical (unpaired) electrons. The van der Waals surface area contributed by atoms with Gasteiger partial charge in [-0.1, -0.05) is 0 Å². The van der Waals surface area contributed by atoms with Crippen molar-refractivity contribution in [3.63, 3.8) is 0 Å². The summed E-state index contributed by atoms with van der Waals surface area (Å²) in [7, 11) is -4.07. The number of hydrogen-bond acceptors (Lipinski definition) is 5. The Bertz CT molecular complexity index is 781. The number of halogens is 1. The summed E-state index contributed by atoms with van der Waals surface area (Å²) >= 11 is 0. The average molecular weight is 398 g/mol. The molecule has 0 aliphatic carbocycles. The number of benzene rings is 1. The van der Waals surface area contributed by atoms with E-state index in [9.17, 15) is 16.8 Å². The van der Waals surface area contributed by atoms with Crippen LogP contribution < -0.4 is 10.0 Å². The molecule has 0 aromatic heterocycles. The Morgan fingerprint density at radius 3 is 2.38 bits per heavy atom. The molecule has 1 saturated heterocycles. The third-order valence-corrected chi connectivity index (χ3v) is 7.57. The Balaban J connectivity index is 0.00000288. The van der Waals surface area contributed by atoms with Crippen LogP contribution in [-0.4, -0.2) is 54.4 Å². The van der Waals surface area contributed by atoms with Crippen LogP contribution in [0.4, 0.5) is 0 Å². The van der Waals surface area contributed by atoms with Crippen LogP contribution in [0.25, 0.3) is 0 Å². The van der Waals surface area contributed by atoms with Gasteiger partial charge in [0.25, 0.3) is 0 Å². The summed E-state index contributed by atoms with van der Waals surface area (Å²) in [6.07, 6.45) is 1.75. The first kappa shape index (κ1) is 21.3. The molecule has 7 nitrogen and oxygen atoms in total. The van der Waals surface area contributed by atoms with Crippen LogP contribution in [-0.2, 0) is 20.0 Å². The number of likely N-dealkylation sites (N-methyl/N-ethyl adjacent to an activating group) is 1. The Hall–Kier alpha value is -0.710. The highest BCUT2D eigenvalue weighted by Crippen LogP contribution is 2.24. The molecule has 1 aliphatic heterocycles. The first-order chi connectivity index (χ1) is 10.7. The van der Waals surface area contributed by atoms with Gasteiger partial charge >= 0.3 is 0 Å². The van der Waals surface area contributed by atoms with E-state index in [1.165, 1.54) is 29.6 Å². The predicted molar refractivity (Wildman–Crippen MR) is 95.5 cm³/mol. The third kappa shape index (κ3) is 4.27. The minimum atomic E-state index is -3.62. The molecule has 1 aromatic carbocycles. The fraction of sp³-hybridized carbons (Fsp3) is 0.571. The maximum absolute atomic E-state index is 12.8. The molecule has 1 atom stereocenters. The standard InChI is InChI=1S/C14H23N3O4S2.ClH/c1-11-9-13(6-7-14(11)22(18,19)16-3)23(20,21)17-8-4-5-12(10-17)15-2;/h6-7,9,12,15-16H,4-5,8,10H2,1-3H3;1H. The van der Waals surface area contributed by atoms with Crippen molar-refractivity contribution in [2.24, 2.45) is 0 Å². The summed E-state index contributed by atoms with van der Waals surface area (Å²) in [6, 6.07) is 4.26. The van der Waals surface area contributed by atoms with E-state index in [0.29, 0.717) is 18.7 Å². The second-order valence-electron chi connectivity index (χ2n) is 5.63. The lowest BCUT2D eigenvalue weighted by atomic mass is 10.1. The van der Waals surface area contributed by atoms with E-state index < -0.39 is 20.0 Å². The number of piperidine rings is 1. The van der Waals surface area contributed by atoms with Crippen molar-refractivity contribution in [1.82, 2.24) is 14.3 Å². The van der Waals surface area contributed by atoms with Gasteiger partial charge in [0.2, 0.25) is 20.0 Å². The van der Waals surface area contributed by atoms with Gasteiger partial charge < -0.3 is 5.32 Å². The van der Waals surface area contributed by atoms with Crippen molar-refractivity contribution in [1.29, 1.82) is 0 Å². The number of sulfonamides is 2. The maximum atomic E-state index is 12.8. The lowest BCUT2D eigenvalue weighted by Crippen LogP contribution is -2.46. The topological polar surface area (TPSA) is 95.6 Å². The molecular formula is C14H24ClN3O4S2. The molecule has 1 heterocycles. The van der Waals surface area contributed by atoms with Crippen LogP contribution in [0.1, 0.15) is 18.4 Å². The highest BCUT2D eigenvalue weighted by Gasteiger charge is 2.30. The van der Waals surface area contributed by atoms with E-state index in [1.54, 1.807) is 6.92 Å². The van der Waals surface area contributed by atoms with Gasteiger partial charge in [-0.25, -0.2) is 21.6 Å². The lowest BCUT2D eigenvalue weighted by Gasteiger charge is -2.31. The smallest absolute Gasteiger partial charge is 0.243 e. The van der Waals surface area contributed by atoms with E-state index in [2.05, 4.69) is 10.0 Å². The summed E-state index contributed by atoms with van der Waals surface area (Å²) in [4.78, 5) is 0.215. The molecule has 1 aliphatic rings. The Morgan fingerprint density at radius 2 is 1.83 bits per heavy atom. The van der Waals surface area contributed by atoms with Gasteiger partial charge in [0.05, 0.1) is 9.79 Å². The van der Waals surface area contributed by atoms with Gasteiger partial charge in [-0.05, 0) is 57.6 Å². The summed E-state index contributed by atoms with van der Waals surface area (Å²) in [5.74, 6) is 0. The van der Waals surface area contributed by atoms with Crippen LogP contribution in [0.2, 0.25) is 0 Å². The van der Waals surface area contributed by atoms with Gasteiger partial charge in [-0.2, -0.15) is 4.31 Å². The number of nitrogens with one attached hydrogen (secondary N) is 2. The van der Waals surface area contributed by atoms with Gasteiger partial charge in [0, 0.05) is 19.1 Å². The van der Waals surface area contributed by atoms with Crippen LogP contribution in [0.15, 0.2) is 28.0 Å². The summed E-state index contributed by atoms with van der Waals surface area (Å²) in [6.45, 7) is 2.50. The summed E-state index contributed by atoms with van der Waals surface area (Å²) in [5.41, 5.74) is 0.405. The van der Waals surface area contributed by atoms with E-state index in [0.717, 1.165) is 12.8 Å². The van der Waals surface area contributed by atoms with Crippen molar-refractivity contribution in [3.8, 4) is 0 Å². The van der Waals surface area contributed by atoms with Crippen molar-refractivity contribution in [2.75, 3.05) is 27.2 Å². The summed E-state index contributed by atoms with van der Waals surface area (Å²) in [5, 5.41) is 3.11. The maximum Gasteiger partial charge on any atom is 0.243 e. The quantitative estimate of drug-likeness (QED) is 0.762. The second kappa shape index (κ2) is 8.11. The molecule has 2 rings (SSSR count). The molecule has 1 fully saturated rings. The Kier molecular flexibility index (Phi) is 7.21. The zero-order valence-electron chi connectivity index (χ0n) is 13.9. The first-order valence-corrected chi connectivity index (χ1v) is 10.4. The second-order valence-corrected chi connectivity index (χ2v) is 9.42. The van der Waals surface area contributed by atoms with Crippen LogP contribution in [0.3, 0.4) is 0 Å². The van der Waals surface area contributed by atoms with Gasteiger partial charge in [-0.3, -0.25) is 0 Å². The zero-order valence-corrected chi connectivity index (χ0v) is 16.4. The van der Waals surface area contributed by atoms with E-state index in [1.807, 2.05) is 7.05 Å². The molecular weight excluding hydrogens is 374 g/mol. The minimum absolute atomic E-state index is 0. The molecule has 1 unspecified atom stereocenters. The third-order valence-electron chi connectivity index (χ3n) is 4.13. The highest BCUT2D eigenvalue weighted by molar-refractivity contribution is 7.89. The van der Waals surface area contributed by atoms with Crippen molar-refractivity contribution < 1.29 is 16.8 Å². The molecule has 1 aromatic rings. The molecule has 0 amide bonds. The normalized spacial score (nSPS) is 19.7. The zero-order chi connectivity index (χ0) is 17.3. The SMILES string of the molecule is CNC1CCCN(S(=O)(=O)c2ccc(S(=O)(=O)NC)c(C)c2)C1.Cl. The molecule has 138 valence electrons. The fourth-order valence-corrected chi connectivity index (χ4v) is 5.30. The van der Waals surface area contributed by atoms with E-state index in [4.69, 9.17) is 0 Å². The van der Waals surface area contributed by atoms with Gasteiger partial charge in [0.15, 0.2) is 0 Å². The Labute approximate surface area is 150 Å². The average Bonchev–Trinajstić information content (AvgIpc) is 2.54. The van der Waals surface area contributed by atoms with Crippen LogP contribution >= 0.6 is 12.4 Å². The highest BCUT2D eigenvalue weighted by atomic mass is 35.5. The molecule has 2 N–H and O–H groups in total. The number of hydrogen-bond donors (Lipinski definition) is 2. The van der Waals surface area contributed by atoms with Crippen molar-refractivity contribution >= 4 is 32.5 Å². The molecule has 10 heteroatoms. The number of aryl methyl sites for hydroxylation is 1. The van der Waals surface area contributed by atoms with Crippen molar-refractivity contribution in [2.45, 2.75) is 35.6 Å². The fourth-order valence-electron chi connectivity index (χ4n) is 2.74. The predicted octanol–water partition coefficient (Wildman–Crippen LogP) is 0.697. The number of nitrogens with zero attached hydrogens (tertiary/aromatic N) is 1. The van der Waals surface area contributed by atoms with Gasteiger partial charge in [-0.15, -0.1) is 12.4 Å². The lowest BCUT2D eigenvalue weighted by molar-refractivity contribution is 0.293. The Morgan fingerprint density at radius 1 is 1.17 bits per heavy atom. The minimum Gasteiger partial charge on any atom is -0.316 e. The van der Waals surface area contributed by atoms with Crippen LogP contribution in [0.5, 0.6) is 0 Å². The molecule has 0 bridgehead atoms. The van der Waals surface area contributed by atoms with E-state index >= 15 is 0 Å². The number of rotatable bonds is 5. The van der Waals surface area contributed by atoms with E-state index in [-0.39, 0.29) is 28.2 Å². The largest absolute Gasteiger partial charge is 0.316 e. The molecule has 24 heavy (non-hydrogen) atoms. The van der Waals surface area contributed by atoms with Gasteiger partial charge in [0.1, 0.15) is 0 Å². The van der Waals surface area contributed by atoms with Crippen LogP contribution in [0, 0.1) is 6.92 Å². The first-order valence-electron chi connectivity index (χ1n) is 7.44.